The first kappa shape index (κ1) is 13.8. The lowest BCUT2D eigenvalue weighted by atomic mass is 9.95. The number of nitriles is 1. The molecule has 3 rings (SSSR count). The molecular weight excluding hydrogens is 328 g/mol. The van der Waals surface area contributed by atoms with Crippen molar-refractivity contribution in [1.82, 2.24) is 4.98 Å². The van der Waals surface area contributed by atoms with Crippen molar-refractivity contribution in [2.45, 2.75) is 12.8 Å². The molecule has 1 aliphatic heterocycles. The van der Waals surface area contributed by atoms with Gasteiger partial charge in [-0.05, 0) is 36.3 Å². The molecule has 1 aromatic heterocycles. The van der Waals surface area contributed by atoms with Crippen LogP contribution in [-0.2, 0) is 6.42 Å². The number of pyridine rings is 1. The summed E-state index contributed by atoms with van der Waals surface area (Å²) < 4.78 is 5.94. The number of aromatic nitrogens is 1. The SMILES string of the molecule is N#Cc1cccc2c1CC(=CCCBr)c1cccnc1O2. The lowest BCUT2D eigenvalue weighted by Crippen LogP contribution is -1.93. The maximum absolute atomic E-state index is 9.32. The maximum atomic E-state index is 9.32. The highest BCUT2D eigenvalue weighted by Gasteiger charge is 2.21. The minimum absolute atomic E-state index is 0.604. The summed E-state index contributed by atoms with van der Waals surface area (Å²) in [5.74, 6) is 1.32. The molecule has 0 spiro atoms. The van der Waals surface area contributed by atoms with Crippen LogP contribution in [-0.4, -0.2) is 10.3 Å². The minimum Gasteiger partial charge on any atom is -0.438 e. The molecule has 104 valence electrons. The van der Waals surface area contributed by atoms with Crippen molar-refractivity contribution in [2.75, 3.05) is 5.33 Å². The number of hydrogen-bond acceptors (Lipinski definition) is 3. The first-order chi connectivity index (χ1) is 10.3. The number of fused-ring (bicyclic) bond motifs is 2. The zero-order valence-electron chi connectivity index (χ0n) is 11.3. The van der Waals surface area contributed by atoms with Crippen LogP contribution in [0.4, 0.5) is 0 Å². The van der Waals surface area contributed by atoms with Gasteiger partial charge in [-0.15, -0.1) is 0 Å². The van der Waals surface area contributed by atoms with E-state index in [2.05, 4.69) is 33.1 Å². The molecule has 21 heavy (non-hydrogen) atoms. The Morgan fingerprint density at radius 3 is 3.05 bits per heavy atom. The van der Waals surface area contributed by atoms with Crippen molar-refractivity contribution < 1.29 is 4.74 Å². The maximum Gasteiger partial charge on any atom is 0.226 e. The third kappa shape index (κ3) is 2.70. The van der Waals surface area contributed by atoms with Gasteiger partial charge in [0.25, 0.3) is 0 Å². The first-order valence-corrected chi connectivity index (χ1v) is 7.86. The summed E-state index contributed by atoms with van der Waals surface area (Å²) in [4.78, 5) is 4.33. The van der Waals surface area contributed by atoms with E-state index in [0.29, 0.717) is 17.9 Å². The molecule has 0 amide bonds. The average molecular weight is 341 g/mol. The van der Waals surface area contributed by atoms with E-state index in [1.807, 2.05) is 30.3 Å². The smallest absolute Gasteiger partial charge is 0.226 e. The summed E-state index contributed by atoms with van der Waals surface area (Å²) in [7, 11) is 0. The molecule has 2 aromatic rings. The number of hydrogen-bond donors (Lipinski definition) is 0. The van der Waals surface area contributed by atoms with Gasteiger partial charge in [0.15, 0.2) is 0 Å². The third-order valence-electron chi connectivity index (χ3n) is 3.44. The fourth-order valence-electron chi connectivity index (χ4n) is 2.47. The molecule has 2 heterocycles. The van der Waals surface area contributed by atoms with Gasteiger partial charge in [-0.1, -0.05) is 28.1 Å². The van der Waals surface area contributed by atoms with Crippen molar-refractivity contribution in [2.24, 2.45) is 0 Å². The van der Waals surface area contributed by atoms with E-state index in [1.54, 1.807) is 6.20 Å². The standard InChI is InChI=1S/C17H13BrN2O/c18-8-2-5-12-10-15-13(11-19)4-1-7-16(15)21-17-14(12)6-3-9-20-17/h1,3-7,9H,2,8,10H2. The van der Waals surface area contributed by atoms with E-state index in [0.717, 1.165) is 34.2 Å². The van der Waals surface area contributed by atoms with Gasteiger partial charge in [0.2, 0.25) is 5.88 Å². The van der Waals surface area contributed by atoms with Gasteiger partial charge in [-0.3, -0.25) is 0 Å². The Morgan fingerprint density at radius 1 is 1.33 bits per heavy atom. The normalized spacial score (nSPS) is 14.6. The number of ether oxygens (including phenoxy) is 1. The molecule has 1 aliphatic rings. The van der Waals surface area contributed by atoms with E-state index in [9.17, 15) is 5.26 Å². The molecule has 4 heteroatoms. The van der Waals surface area contributed by atoms with Gasteiger partial charge >= 0.3 is 0 Å². The molecule has 1 aromatic carbocycles. The van der Waals surface area contributed by atoms with Crippen molar-refractivity contribution in [1.29, 1.82) is 5.26 Å². The summed E-state index contributed by atoms with van der Waals surface area (Å²) >= 11 is 3.45. The zero-order chi connectivity index (χ0) is 14.7. The average Bonchev–Trinajstić information content (AvgIpc) is 2.68. The Bertz CT molecular complexity index is 747. The van der Waals surface area contributed by atoms with Crippen LogP contribution in [0.3, 0.4) is 0 Å². The quantitative estimate of drug-likeness (QED) is 0.757. The molecule has 0 bridgehead atoms. The molecule has 0 radical (unpaired) electrons. The van der Waals surface area contributed by atoms with E-state index in [4.69, 9.17) is 4.74 Å². The summed E-state index contributed by atoms with van der Waals surface area (Å²) in [6, 6.07) is 11.7. The van der Waals surface area contributed by atoms with E-state index in [-0.39, 0.29) is 0 Å². The zero-order valence-corrected chi connectivity index (χ0v) is 12.9. The van der Waals surface area contributed by atoms with Crippen LogP contribution in [0.5, 0.6) is 11.6 Å². The van der Waals surface area contributed by atoms with E-state index >= 15 is 0 Å². The first-order valence-electron chi connectivity index (χ1n) is 6.73. The van der Waals surface area contributed by atoms with Crippen LogP contribution in [0, 0.1) is 11.3 Å². The van der Waals surface area contributed by atoms with Crippen LogP contribution in [0.25, 0.3) is 5.57 Å². The van der Waals surface area contributed by atoms with Crippen molar-refractivity contribution in [3.05, 3.63) is 59.3 Å². The molecule has 0 N–H and O–H groups in total. The van der Waals surface area contributed by atoms with E-state index < -0.39 is 0 Å². The predicted octanol–water partition coefficient (Wildman–Crippen LogP) is 4.47. The second kappa shape index (κ2) is 6.11. The van der Waals surface area contributed by atoms with Gasteiger partial charge in [-0.25, -0.2) is 4.98 Å². The highest BCUT2D eigenvalue weighted by molar-refractivity contribution is 9.09. The van der Waals surface area contributed by atoms with Gasteiger partial charge in [0.05, 0.1) is 11.6 Å². The molecule has 3 nitrogen and oxygen atoms in total. The van der Waals surface area contributed by atoms with Crippen molar-refractivity contribution in [3.63, 3.8) is 0 Å². The summed E-state index contributed by atoms with van der Waals surface area (Å²) in [5.41, 5.74) is 3.74. The van der Waals surface area contributed by atoms with Crippen molar-refractivity contribution in [3.8, 4) is 17.7 Å². The molecule has 0 unspecified atom stereocenters. The number of allylic oxidation sites excluding steroid dienone is 2. The molecule has 0 fully saturated rings. The number of halogens is 1. The number of benzene rings is 1. The second-order valence-electron chi connectivity index (χ2n) is 4.74. The lowest BCUT2D eigenvalue weighted by Gasteiger charge is -2.07. The fraction of sp³-hybridized carbons (Fsp3) is 0.176. The van der Waals surface area contributed by atoms with Crippen LogP contribution >= 0.6 is 15.9 Å². The highest BCUT2D eigenvalue weighted by Crippen LogP contribution is 2.38. The summed E-state index contributed by atoms with van der Waals surface area (Å²) in [6.07, 6.45) is 5.51. The molecule has 0 saturated heterocycles. The van der Waals surface area contributed by atoms with Crippen LogP contribution in [0.15, 0.2) is 42.6 Å². The number of alkyl halides is 1. The van der Waals surface area contributed by atoms with Crippen LogP contribution < -0.4 is 4.74 Å². The Kier molecular flexibility index (Phi) is 4.03. The lowest BCUT2D eigenvalue weighted by molar-refractivity contribution is 0.460. The minimum atomic E-state index is 0.604. The highest BCUT2D eigenvalue weighted by atomic mass is 79.9. The number of nitrogens with zero attached hydrogens (tertiary/aromatic N) is 2. The Morgan fingerprint density at radius 2 is 2.24 bits per heavy atom. The van der Waals surface area contributed by atoms with Crippen molar-refractivity contribution >= 4 is 21.5 Å². The van der Waals surface area contributed by atoms with Gasteiger partial charge in [-0.2, -0.15) is 5.26 Å². The van der Waals surface area contributed by atoms with Crippen LogP contribution in [0.1, 0.15) is 23.1 Å². The van der Waals surface area contributed by atoms with E-state index in [1.165, 1.54) is 0 Å². The number of rotatable bonds is 2. The monoisotopic (exact) mass is 340 g/mol. The molecule has 0 atom stereocenters. The molecule has 0 aliphatic carbocycles. The topological polar surface area (TPSA) is 45.9 Å². The van der Waals surface area contributed by atoms with Gasteiger partial charge in [0.1, 0.15) is 5.75 Å². The second-order valence-corrected chi connectivity index (χ2v) is 5.53. The molecule has 0 saturated carbocycles. The Hall–Kier alpha value is -2.12. The fourth-order valence-corrected chi connectivity index (χ4v) is 2.69. The Labute approximate surface area is 132 Å². The van der Waals surface area contributed by atoms with Crippen LogP contribution in [0.2, 0.25) is 0 Å². The largest absolute Gasteiger partial charge is 0.438 e. The molecular formula is C17H13BrN2O. The predicted molar refractivity (Wildman–Crippen MR) is 85.6 cm³/mol. The Balaban J connectivity index is 2.17. The van der Waals surface area contributed by atoms with Gasteiger partial charge in [0, 0.05) is 29.1 Å². The third-order valence-corrected chi connectivity index (χ3v) is 3.90. The summed E-state index contributed by atoms with van der Waals surface area (Å²) in [5, 5.41) is 10.2. The summed E-state index contributed by atoms with van der Waals surface area (Å²) in [6.45, 7) is 0. The van der Waals surface area contributed by atoms with Gasteiger partial charge < -0.3 is 4.74 Å².